The van der Waals surface area contributed by atoms with Crippen molar-refractivity contribution in [3.63, 3.8) is 0 Å². The van der Waals surface area contributed by atoms with Crippen molar-refractivity contribution in [3.8, 4) is 67.5 Å². The number of hydrogen-bond acceptors (Lipinski definition) is 25. The first kappa shape index (κ1) is 95.7. The molecule has 0 bridgehead atoms. The van der Waals surface area contributed by atoms with Crippen LogP contribution in [0.2, 0.25) is 0 Å². The molecule has 0 saturated heterocycles. The van der Waals surface area contributed by atoms with E-state index in [4.69, 9.17) is 18.9 Å². The summed E-state index contributed by atoms with van der Waals surface area (Å²) in [4.78, 5) is 104. The summed E-state index contributed by atoms with van der Waals surface area (Å²) >= 11 is 0. The summed E-state index contributed by atoms with van der Waals surface area (Å²) in [7, 11) is 1.78. The van der Waals surface area contributed by atoms with Crippen molar-refractivity contribution in [3.05, 3.63) is 303 Å². The highest BCUT2D eigenvalue weighted by Gasteiger charge is 2.18. The smallest absolute Gasteiger partial charge is 0.258 e. The summed E-state index contributed by atoms with van der Waals surface area (Å²) in [6.07, 6.45) is 15.5. The molecule has 0 aliphatic heterocycles. The molecule has 686 valence electrons. The number of aromatic nitrogens is 13. The van der Waals surface area contributed by atoms with E-state index in [1.54, 1.807) is 76.5 Å². The molecule has 0 radical (unpaired) electrons. The van der Waals surface area contributed by atoms with Crippen LogP contribution in [0.4, 0.5) is 46.7 Å². The molecule has 29 heteroatoms. The third-order valence-corrected chi connectivity index (χ3v) is 22.9. The minimum Gasteiger partial charge on any atom is -0.491 e. The van der Waals surface area contributed by atoms with Gasteiger partial charge < -0.3 is 78.5 Å². The van der Waals surface area contributed by atoms with Gasteiger partial charge in [0.2, 0.25) is 5.95 Å². The van der Waals surface area contributed by atoms with Gasteiger partial charge in [-0.25, -0.2) is 44.9 Å². The molecule has 12 aromatic heterocycles. The van der Waals surface area contributed by atoms with Gasteiger partial charge in [0.05, 0.1) is 53.1 Å². The summed E-state index contributed by atoms with van der Waals surface area (Å²) in [5.41, 5.74) is 9.13. The van der Waals surface area contributed by atoms with Crippen LogP contribution in [0.25, 0.3) is 88.1 Å². The molecule has 133 heavy (non-hydrogen) atoms. The highest BCUT2D eigenvalue weighted by Crippen LogP contribution is 2.30. The van der Waals surface area contributed by atoms with Gasteiger partial charge in [0.25, 0.3) is 22.2 Å². The fraction of sp³-hybridized carbons (Fsp3) is 0.279. The van der Waals surface area contributed by atoms with Crippen LogP contribution < -0.4 is 62.5 Å². The number of hydrogen-bond donors (Lipinski definition) is 5. The Morgan fingerprint density at radius 2 is 0.586 bits per heavy atom. The van der Waals surface area contributed by atoms with Gasteiger partial charge in [0, 0.05) is 139 Å². The molecule has 0 spiro atoms. The van der Waals surface area contributed by atoms with Gasteiger partial charge in [-0.05, 0) is 149 Å². The zero-order chi connectivity index (χ0) is 93.4. The van der Waals surface area contributed by atoms with E-state index in [0.29, 0.717) is 120 Å². The Kier molecular flexibility index (Phi) is 34.6. The van der Waals surface area contributed by atoms with Crippen molar-refractivity contribution in [2.75, 3.05) is 126 Å². The second kappa shape index (κ2) is 48.1. The summed E-state index contributed by atoms with van der Waals surface area (Å²) < 4.78 is 28.3. The second-order valence-electron chi connectivity index (χ2n) is 31.0. The number of H-pyrrole nitrogens is 1. The Morgan fingerprint density at radius 1 is 0.293 bits per heavy atom. The summed E-state index contributed by atoms with van der Waals surface area (Å²) in [5, 5.41) is 16.3. The van der Waals surface area contributed by atoms with Crippen LogP contribution in [-0.4, -0.2) is 188 Å². The fourth-order valence-electron chi connectivity index (χ4n) is 15.1. The Morgan fingerprint density at radius 3 is 0.932 bits per heavy atom. The molecule has 0 unspecified atom stereocenters. The predicted octanol–water partition coefficient (Wildman–Crippen LogP) is 18.2. The van der Waals surface area contributed by atoms with E-state index >= 15 is 0 Å². The molecular weight excluding hydrogens is 1670 g/mol. The van der Waals surface area contributed by atoms with Crippen molar-refractivity contribution in [1.29, 1.82) is 0 Å². The predicted molar refractivity (Wildman–Crippen MR) is 535 cm³/mol. The average Bonchev–Trinajstić information content (AvgIpc) is 0.779. The molecule has 0 aliphatic carbocycles. The molecule has 0 amide bonds. The minimum atomic E-state index is -0.134. The molecule has 0 saturated carbocycles. The molecule has 29 nitrogen and oxygen atoms in total. The lowest BCUT2D eigenvalue weighted by molar-refractivity contribution is 0.222. The van der Waals surface area contributed by atoms with Crippen LogP contribution in [0, 0.1) is 0 Å². The van der Waals surface area contributed by atoms with Gasteiger partial charge in [-0.2, -0.15) is 0 Å². The number of aromatic amines is 1. The van der Waals surface area contributed by atoms with Gasteiger partial charge >= 0.3 is 0 Å². The lowest BCUT2D eigenvalue weighted by Crippen LogP contribution is -2.27. The SMILES string of the molecule is CCN(CC)CCOc1ccc(Nc2cc3[nH]c(=O)c(-c4ccccc4)cc3cn2)nc1.CCN(CC)CCOc1ccc(Nc2cc3c(cn2)cc(-c2ccccc2)c(=O)n3C)nc1.CCN(CC)CCOc1ccc(Nc2cc3c(cn2)cc(-c2ccccc2)c(=O)n3CC)nc1.CCN(CC)CCOc1cnc(Nc2cc3c(cn2)cc(-c2ccccc2)c(=O)n3CC)nc1. The molecule has 16 rings (SSSR count). The lowest BCUT2D eigenvalue weighted by atomic mass is 10.1. The van der Waals surface area contributed by atoms with Crippen LogP contribution in [0.1, 0.15) is 69.2 Å². The van der Waals surface area contributed by atoms with E-state index in [1.807, 2.05) is 220 Å². The number of anilines is 8. The van der Waals surface area contributed by atoms with E-state index in [2.05, 4.69) is 146 Å². The topological polar surface area (TPSA) is 313 Å². The Balaban J connectivity index is 0.000000151. The molecule has 12 heterocycles. The molecule has 16 aromatic rings. The van der Waals surface area contributed by atoms with Gasteiger partial charge in [-0.3, -0.25) is 19.2 Å². The Hall–Kier alpha value is -14.9. The summed E-state index contributed by atoms with van der Waals surface area (Å²) in [6.45, 7) is 36.3. The maximum Gasteiger partial charge on any atom is 0.258 e. The Labute approximate surface area is 774 Å². The van der Waals surface area contributed by atoms with Crippen molar-refractivity contribution in [2.45, 2.75) is 82.3 Å². The van der Waals surface area contributed by atoms with E-state index < -0.39 is 0 Å². The molecular formula is C104H117N21O8. The maximum absolute atomic E-state index is 13.2. The van der Waals surface area contributed by atoms with Crippen LogP contribution >= 0.6 is 0 Å². The number of benzene rings is 4. The summed E-state index contributed by atoms with van der Waals surface area (Å²) in [6, 6.07) is 64.9. The molecule has 4 aromatic carbocycles. The van der Waals surface area contributed by atoms with Gasteiger partial charge in [-0.1, -0.05) is 177 Å². The van der Waals surface area contributed by atoms with E-state index in [0.717, 1.165) is 156 Å². The van der Waals surface area contributed by atoms with Crippen LogP contribution in [0.5, 0.6) is 23.0 Å². The number of nitrogens with one attached hydrogen (secondary N) is 5. The number of pyridine rings is 11. The van der Waals surface area contributed by atoms with Crippen molar-refractivity contribution in [1.82, 2.24) is 83.1 Å². The van der Waals surface area contributed by atoms with Gasteiger partial charge in [0.15, 0.2) is 5.75 Å². The van der Waals surface area contributed by atoms with Crippen molar-refractivity contribution < 1.29 is 18.9 Å². The highest BCUT2D eigenvalue weighted by atomic mass is 16.5. The zero-order valence-corrected chi connectivity index (χ0v) is 77.5. The van der Waals surface area contributed by atoms with Crippen LogP contribution in [-0.2, 0) is 20.1 Å². The Bertz CT molecular complexity index is 6460. The number of ether oxygens (including phenoxy) is 4. The molecule has 5 N–H and O–H groups in total. The number of rotatable bonds is 38. The zero-order valence-electron chi connectivity index (χ0n) is 77.5. The number of likely N-dealkylation sites (N-methyl/N-ethyl adjacent to an activating group) is 4. The van der Waals surface area contributed by atoms with Crippen LogP contribution in [0.15, 0.2) is 281 Å². The maximum atomic E-state index is 13.2. The summed E-state index contributed by atoms with van der Waals surface area (Å²) in [5.74, 6) is 7.61. The largest absolute Gasteiger partial charge is 0.491 e. The van der Waals surface area contributed by atoms with E-state index in [1.165, 1.54) is 0 Å². The first-order valence-corrected chi connectivity index (χ1v) is 45.5. The van der Waals surface area contributed by atoms with Crippen molar-refractivity contribution in [2.24, 2.45) is 7.05 Å². The van der Waals surface area contributed by atoms with Gasteiger partial charge in [0.1, 0.15) is 84.4 Å². The van der Waals surface area contributed by atoms with Crippen LogP contribution in [0.3, 0.4) is 0 Å². The third kappa shape index (κ3) is 25.8. The van der Waals surface area contributed by atoms with E-state index in [9.17, 15) is 19.2 Å². The molecule has 0 atom stereocenters. The average molecular weight is 1790 g/mol. The molecule has 0 fully saturated rings. The first-order valence-electron chi connectivity index (χ1n) is 45.5. The standard InChI is InChI=1S/C27H31N5O2.C26H30N6O2.C26H29N5O2.C25H27N5O2/c1-4-31(5-2)14-15-34-22-12-13-25(29-19-22)30-26-17-24-21(18-28-26)16-23(27(33)32(24)6-3)20-10-8-7-9-11-20;1-4-31(5-2)12-13-34-21-17-28-26(29-18-21)30-24-15-23-20(16-27-24)14-22(25(33)32(23)6-3)19-10-8-7-9-11-19;1-4-31(5-2)13-14-33-21-11-12-24(28-18-21)29-25-16-23-20(17-27-25)15-22(26(32)30(23)3)19-9-7-6-8-10-19;1-3-30(4-2)12-13-32-20-10-11-23(27-17-20)29-24-15-22-19(16-26-24)14-21(25(31)28-22)18-8-6-5-7-9-18/h7-13,16-19H,4-6,14-15H2,1-3H3,(H,28,29,30);7-11,14-18H,4-6,12-13H2,1-3H3,(H,27,28,29,30);6-12,15-18H,4-5,13-14H2,1-3H3,(H,27,28,29);5-11,14-17H,3-4,12-13H2,1-2H3,(H,28,31)(H,26,27,29). The fourth-order valence-corrected chi connectivity index (χ4v) is 15.1. The minimum absolute atomic E-state index is 0.0114. The quantitative estimate of drug-likeness (QED) is 0.0240. The highest BCUT2D eigenvalue weighted by molar-refractivity contribution is 5.89. The molecule has 0 aliphatic rings. The van der Waals surface area contributed by atoms with Crippen molar-refractivity contribution >= 4 is 90.3 Å². The monoisotopic (exact) mass is 1790 g/mol. The van der Waals surface area contributed by atoms with E-state index in [-0.39, 0.29) is 22.2 Å². The number of nitrogens with zero attached hydrogens (tertiary/aromatic N) is 16. The number of fused-ring (bicyclic) bond motifs is 4. The third-order valence-electron chi connectivity index (χ3n) is 22.9. The first-order chi connectivity index (χ1) is 65.0. The lowest BCUT2D eigenvalue weighted by Gasteiger charge is -2.18. The number of aryl methyl sites for hydroxylation is 3. The second-order valence-corrected chi connectivity index (χ2v) is 31.0. The van der Waals surface area contributed by atoms with Gasteiger partial charge in [-0.15, -0.1) is 0 Å². The normalized spacial score (nSPS) is 11.2.